The minimum atomic E-state index is 0.537. The zero-order valence-corrected chi connectivity index (χ0v) is 16.3. The Hall–Kier alpha value is -2.40. The van der Waals surface area contributed by atoms with Crippen LogP contribution < -0.4 is 0 Å². The van der Waals surface area contributed by atoms with Crippen molar-refractivity contribution in [1.29, 1.82) is 0 Å². The summed E-state index contributed by atoms with van der Waals surface area (Å²) in [7, 11) is 2.17. The Kier molecular flexibility index (Phi) is 5.89. The first-order valence-corrected chi connectivity index (χ1v) is 9.43. The van der Waals surface area contributed by atoms with Crippen LogP contribution in [-0.2, 0) is 13.1 Å². The first-order valence-electron chi connectivity index (χ1n) is 9.43. The van der Waals surface area contributed by atoms with Crippen LogP contribution in [0, 0.1) is 5.92 Å². The van der Waals surface area contributed by atoms with Crippen molar-refractivity contribution in [2.24, 2.45) is 5.92 Å². The predicted octanol–water partition coefficient (Wildman–Crippen LogP) is 4.02. The van der Waals surface area contributed by atoms with E-state index in [-0.39, 0.29) is 0 Å². The van der Waals surface area contributed by atoms with E-state index in [2.05, 4.69) is 71.1 Å². The van der Waals surface area contributed by atoms with E-state index in [1.54, 1.807) is 0 Å². The zero-order chi connectivity index (χ0) is 18.5. The Morgan fingerprint density at radius 3 is 2.54 bits per heavy atom. The standard InChI is InChI=1S/C21H29N5/c1-5-24(4)13-17(3)14-26-16-23-20(18-10-8-7-9-11-18)21(26)19-12-22-15-25(19)6-2/h7-12,15-17H,5-6,13-14H2,1-4H3/t17-/m0/s1. The largest absolute Gasteiger partial charge is 0.330 e. The normalized spacial score (nSPS) is 12.7. The predicted molar refractivity (Wildman–Crippen MR) is 107 cm³/mol. The third-order valence-electron chi connectivity index (χ3n) is 4.85. The molecular weight excluding hydrogens is 322 g/mol. The SMILES string of the molecule is CCN(C)C[C@H](C)Cn1cnc(-c2ccccc2)c1-c1cncn1CC. The summed E-state index contributed by atoms with van der Waals surface area (Å²) in [5.74, 6) is 0.537. The molecule has 0 amide bonds. The maximum absolute atomic E-state index is 4.78. The molecule has 0 unspecified atom stereocenters. The Labute approximate surface area is 156 Å². The molecule has 5 nitrogen and oxygen atoms in total. The van der Waals surface area contributed by atoms with Crippen LogP contribution in [0.3, 0.4) is 0 Å². The fourth-order valence-electron chi connectivity index (χ4n) is 3.42. The third kappa shape index (κ3) is 3.88. The molecule has 0 aliphatic carbocycles. The van der Waals surface area contributed by atoms with Crippen molar-refractivity contribution in [3.05, 3.63) is 49.2 Å². The van der Waals surface area contributed by atoms with Crippen molar-refractivity contribution >= 4 is 0 Å². The molecule has 0 saturated carbocycles. The van der Waals surface area contributed by atoms with E-state index in [9.17, 15) is 0 Å². The van der Waals surface area contributed by atoms with Gasteiger partial charge in [-0.2, -0.15) is 0 Å². The number of aryl methyl sites for hydroxylation is 1. The van der Waals surface area contributed by atoms with Crippen molar-refractivity contribution < 1.29 is 0 Å². The first kappa shape index (κ1) is 18.4. The molecule has 3 rings (SSSR count). The van der Waals surface area contributed by atoms with Crippen LogP contribution in [0.4, 0.5) is 0 Å². The van der Waals surface area contributed by atoms with E-state index in [0.29, 0.717) is 5.92 Å². The van der Waals surface area contributed by atoms with Crippen LogP contribution in [0.5, 0.6) is 0 Å². The maximum atomic E-state index is 4.78. The second-order valence-corrected chi connectivity index (χ2v) is 6.99. The van der Waals surface area contributed by atoms with E-state index >= 15 is 0 Å². The maximum Gasteiger partial charge on any atom is 0.0979 e. The van der Waals surface area contributed by atoms with Crippen molar-refractivity contribution in [2.45, 2.75) is 33.9 Å². The lowest BCUT2D eigenvalue weighted by molar-refractivity contribution is 0.282. The van der Waals surface area contributed by atoms with Crippen LogP contribution in [-0.4, -0.2) is 44.1 Å². The summed E-state index contributed by atoms with van der Waals surface area (Å²) in [4.78, 5) is 11.5. The fourth-order valence-corrected chi connectivity index (χ4v) is 3.42. The number of benzene rings is 1. The van der Waals surface area contributed by atoms with Gasteiger partial charge in [0, 0.05) is 25.2 Å². The Balaban J connectivity index is 2.01. The topological polar surface area (TPSA) is 38.9 Å². The van der Waals surface area contributed by atoms with E-state index in [1.165, 1.54) is 0 Å². The van der Waals surface area contributed by atoms with Gasteiger partial charge in [-0.1, -0.05) is 44.2 Å². The summed E-state index contributed by atoms with van der Waals surface area (Å²) >= 11 is 0. The summed E-state index contributed by atoms with van der Waals surface area (Å²) in [5, 5.41) is 0. The van der Waals surface area contributed by atoms with Crippen LogP contribution in [0.1, 0.15) is 20.8 Å². The highest BCUT2D eigenvalue weighted by molar-refractivity contribution is 5.76. The molecule has 0 radical (unpaired) electrons. The minimum Gasteiger partial charge on any atom is -0.330 e. The fraction of sp³-hybridized carbons (Fsp3) is 0.429. The van der Waals surface area contributed by atoms with Gasteiger partial charge in [0.15, 0.2) is 0 Å². The number of hydrogen-bond acceptors (Lipinski definition) is 3. The summed E-state index contributed by atoms with van der Waals surface area (Å²) in [6, 6.07) is 10.4. The van der Waals surface area contributed by atoms with Gasteiger partial charge in [0.25, 0.3) is 0 Å². The van der Waals surface area contributed by atoms with E-state index in [4.69, 9.17) is 4.98 Å². The molecule has 2 aromatic heterocycles. The second kappa shape index (κ2) is 8.32. The average Bonchev–Trinajstić information content (AvgIpc) is 3.28. The average molecular weight is 351 g/mol. The van der Waals surface area contributed by atoms with Gasteiger partial charge >= 0.3 is 0 Å². The molecule has 0 fully saturated rings. The highest BCUT2D eigenvalue weighted by Gasteiger charge is 2.19. The lowest BCUT2D eigenvalue weighted by Crippen LogP contribution is -2.26. The first-order chi connectivity index (χ1) is 12.6. The lowest BCUT2D eigenvalue weighted by atomic mass is 10.1. The zero-order valence-electron chi connectivity index (χ0n) is 16.3. The molecule has 0 bridgehead atoms. The molecule has 0 N–H and O–H groups in total. The van der Waals surface area contributed by atoms with Gasteiger partial charge in [-0.15, -0.1) is 0 Å². The number of hydrogen-bond donors (Lipinski definition) is 0. The molecule has 0 aliphatic heterocycles. The van der Waals surface area contributed by atoms with Crippen LogP contribution in [0.25, 0.3) is 22.6 Å². The molecular formula is C21H29N5. The van der Waals surface area contributed by atoms with Gasteiger partial charge < -0.3 is 14.0 Å². The van der Waals surface area contributed by atoms with Gasteiger partial charge in [0.1, 0.15) is 0 Å². The molecule has 138 valence electrons. The molecule has 2 heterocycles. The number of rotatable bonds is 8. The molecule has 1 aromatic carbocycles. The number of imidazole rings is 2. The molecule has 26 heavy (non-hydrogen) atoms. The molecule has 0 saturated heterocycles. The van der Waals surface area contributed by atoms with Crippen molar-refractivity contribution in [3.8, 4) is 22.6 Å². The van der Waals surface area contributed by atoms with Gasteiger partial charge in [-0.25, -0.2) is 9.97 Å². The number of aromatic nitrogens is 4. The third-order valence-corrected chi connectivity index (χ3v) is 4.85. The Morgan fingerprint density at radius 1 is 1.08 bits per heavy atom. The number of nitrogens with zero attached hydrogens (tertiary/aromatic N) is 5. The van der Waals surface area contributed by atoms with Gasteiger partial charge in [-0.3, -0.25) is 0 Å². The summed E-state index contributed by atoms with van der Waals surface area (Å²) < 4.78 is 4.47. The van der Waals surface area contributed by atoms with Crippen molar-refractivity contribution in [2.75, 3.05) is 20.1 Å². The smallest absolute Gasteiger partial charge is 0.0979 e. The van der Waals surface area contributed by atoms with Crippen LogP contribution >= 0.6 is 0 Å². The Morgan fingerprint density at radius 2 is 1.85 bits per heavy atom. The minimum absolute atomic E-state index is 0.537. The summed E-state index contributed by atoms with van der Waals surface area (Å²) in [5.41, 5.74) is 4.45. The van der Waals surface area contributed by atoms with Crippen LogP contribution in [0.2, 0.25) is 0 Å². The van der Waals surface area contributed by atoms with Crippen molar-refractivity contribution in [1.82, 2.24) is 24.0 Å². The summed E-state index contributed by atoms with van der Waals surface area (Å²) in [6.45, 7) is 10.6. The summed E-state index contributed by atoms with van der Waals surface area (Å²) in [6.07, 6.45) is 5.83. The van der Waals surface area contributed by atoms with Gasteiger partial charge in [0.2, 0.25) is 0 Å². The van der Waals surface area contributed by atoms with Gasteiger partial charge in [0.05, 0.1) is 35.9 Å². The quantitative estimate of drug-likeness (QED) is 0.615. The monoisotopic (exact) mass is 351 g/mol. The molecule has 5 heteroatoms. The molecule has 3 aromatic rings. The Bertz CT molecular complexity index is 818. The van der Waals surface area contributed by atoms with E-state index < -0.39 is 0 Å². The molecule has 0 aliphatic rings. The van der Waals surface area contributed by atoms with Crippen molar-refractivity contribution in [3.63, 3.8) is 0 Å². The second-order valence-electron chi connectivity index (χ2n) is 6.99. The lowest BCUT2D eigenvalue weighted by Gasteiger charge is -2.21. The van der Waals surface area contributed by atoms with E-state index in [1.807, 2.05) is 24.9 Å². The van der Waals surface area contributed by atoms with Gasteiger partial charge in [-0.05, 0) is 26.4 Å². The highest BCUT2D eigenvalue weighted by Crippen LogP contribution is 2.31. The van der Waals surface area contributed by atoms with E-state index in [0.717, 1.165) is 48.8 Å². The van der Waals surface area contributed by atoms with Crippen LogP contribution in [0.15, 0.2) is 49.2 Å². The molecule has 0 spiro atoms. The highest BCUT2D eigenvalue weighted by atomic mass is 15.1. The molecule has 1 atom stereocenters.